The highest BCUT2D eigenvalue weighted by Gasteiger charge is 2.33. The van der Waals surface area contributed by atoms with E-state index in [1.54, 1.807) is 12.1 Å². The van der Waals surface area contributed by atoms with Crippen LogP contribution in [0.15, 0.2) is 24.3 Å². The van der Waals surface area contributed by atoms with Crippen molar-refractivity contribution in [3.63, 3.8) is 0 Å². The first-order valence-corrected chi connectivity index (χ1v) is 7.51. The van der Waals surface area contributed by atoms with Gasteiger partial charge in [-0.25, -0.2) is 0 Å². The van der Waals surface area contributed by atoms with E-state index in [1.165, 1.54) is 12.1 Å². The van der Waals surface area contributed by atoms with Gasteiger partial charge in [-0.05, 0) is 39.7 Å². The summed E-state index contributed by atoms with van der Waals surface area (Å²) in [5.41, 5.74) is 0.506. The van der Waals surface area contributed by atoms with Crippen LogP contribution in [0.2, 0.25) is 0 Å². The van der Waals surface area contributed by atoms with Gasteiger partial charge in [-0.3, -0.25) is 0 Å². The van der Waals surface area contributed by atoms with Crippen molar-refractivity contribution in [2.24, 2.45) is 0 Å². The fourth-order valence-corrected chi connectivity index (χ4v) is 3.04. The Hall–Kier alpha value is -1.27. The number of hydrogen-bond donors (Lipinski definition) is 1. The highest BCUT2D eigenvalue weighted by atomic mass is 19.4. The third-order valence-electron chi connectivity index (χ3n) is 3.79. The molecule has 2 rings (SSSR count). The number of ether oxygens (including phenoxy) is 2. The Morgan fingerprint density at radius 2 is 1.77 bits per heavy atom. The highest BCUT2D eigenvalue weighted by molar-refractivity contribution is 5.35. The molecule has 0 saturated carbocycles. The Balaban J connectivity index is 2.07. The maximum atomic E-state index is 12.5. The Kier molecular flexibility index (Phi) is 5.34. The summed E-state index contributed by atoms with van der Waals surface area (Å²) in [6, 6.07) is 6.23. The van der Waals surface area contributed by atoms with Gasteiger partial charge in [0, 0.05) is 17.6 Å². The van der Waals surface area contributed by atoms with Crippen LogP contribution >= 0.6 is 0 Å². The van der Waals surface area contributed by atoms with Gasteiger partial charge in [0.15, 0.2) is 0 Å². The Labute approximate surface area is 128 Å². The normalized spacial score (nSPS) is 27.5. The summed E-state index contributed by atoms with van der Waals surface area (Å²) in [6.07, 6.45) is -2.70. The summed E-state index contributed by atoms with van der Waals surface area (Å²) >= 11 is 0. The van der Waals surface area contributed by atoms with Crippen LogP contribution in [0.4, 0.5) is 13.2 Å². The van der Waals surface area contributed by atoms with Gasteiger partial charge in [0.05, 0.1) is 12.2 Å². The average molecular weight is 317 g/mol. The van der Waals surface area contributed by atoms with Crippen molar-refractivity contribution in [2.45, 2.75) is 64.3 Å². The molecular weight excluding hydrogens is 295 g/mol. The second-order valence-electron chi connectivity index (χ2n) is 5.90. The van der Waals surface area contributed by atoms with Gasteiger partial charge in [0.1, 0.15) is 5.75 Å². The molecule has 6 heteroatoms. The summed E-state index contributed by atoms with van der Waals surface area (Å²) in [7, 11) is 0. The molecular formula is C16H22F3NO2. The van der Waals surface area contributed by atoms with E-state index in [9.17, 15) is 13.2 Å². The van der Waals surface area contributed by atoms with Crippen molar-refractivity contribution in [1.82, 2.24) is 5.32 Å². The van der Waals surface area contributed by atoms with Crippen LogP contribution in [0.5, 0.6) is 5.75 Å². The van der Waals surface area contributed by atoms with Crippen molar-refractivity contribution in [2.75, 3.05) is 0 Å². The predicted octanol–water partition coefficient (Wildman–Crippen LogP) is 4.19. The maximum Gasteiger partial charge on any atom is 0.573 e. The maximum absolute atomic E-state index is 12.5. The minimum absolute atomic E-state index is 0.148. The van der Waals surface area contributed by atoms with Crippen molar-refractivity contribution >= 4 is 0 Å². The van der Waals surface area contributed by atoms with Crippen LogP contribution < -0.4 is 10.1 Å². The van der Waals surface area contributed by atoms with E-state index >= 15 is 0 Å². The third-order valence-corrected chi connectivity index (χ3v) is 3.79. The summed E-state index contributed by atoms with van der Waals surface area (Å²) in [5.74, 6) is -0.150. The number of benzene rings is 1. The van der Waals surface area contributed by atoms with Crippen LogP contribution in [0.3, 0.4) is 0 Å². The third kappa shape index (κ3) is 4.88. The molecule has 1 heterocycles. The number of alkyl halides is 3. The molecule has 124 valence electrons. The molecule has 1 N–H and O–H groups in total. The van der Waals surface area contributed by atoms with Crippen LogP contribution in [-0.4, -0.2) is 24.6 Å². The second kappa shape index (κ2) is 6.87. The van der Waals surface area contributed by atoms with Crippen molar-refractivity contribution in [3.05, 3.63) is 29.8 Å². The van der Waals surface area contributed by atoms with E-state index in [2.05, 4.69) is 10.1 Å². The van der Waals surface area contributed by atoms with Crippen molar-refractivity contribution in [1.29, 1.82) is 0 Å². The largest absolute Gasteiger partial charge is 0.573 e. The molecule has 1 aliphatic rings. The predicted molar refractivity (Wildman–Crippen MR) is 77.7 cm³/mol. The zero-order valence-corrected chi connectivity index (χ0v) is 13.0. The van der Waals surface area contributed by atoms with E-state index in [-0.39, 0.29) is 30.0 Å². The van der Waals surface area contributed by atoms with Crippen molar-refractivity contribution < 1.29 is 22.6 Å². The quantitative estimate of drug-likeness (QED) is 0.903. The molecule has 3 nitrogen and oxygen atoms in total. The van der Waals surface area contributed by atoms with Gasteiger partial charge < -0.3 is 14.8 Å². The number of rotatable bonds is 4. The summed E-state index contributed by atoms with van der Waals surface area (Å²) in [4.78, 5) is 0. The summed E-state index contributed by atoms with van der Waals surface area (Å²) in [5, 5.41) is 3.39. The number of hydrogen-bond acceptors (Lipinski definition) is 3. The van der Waals surface area contributed by atoms with E-state index < -0.39 is 6.36 Å². The molecule has 1 unspecified atom stereocenters. The molecule has 1 aromatic rings. The van der Waals surface area contributed by atoms with Gasteiger partial charge in [0.25, 0.3) is 0 Å². The lowest BCUT2D eigenvalue weighted by atomic mass is 9.97. The zero-order valence-electron chi connectivity index (χ0n) is 13.0. The fraction of sp³-hybridized carbons (Fsp3) is 0.625. The molecule has 0 amide bonds. The smallest absolute Gasteiger partial charge is 0.405 e. The Bertz CT molecular complexity index is 483. The van der Waals surface area contributed by atoms with E-state index in [0.29, 0.717) is 5.56 Å². The number of nitrogens with one attached hydrogen (secondary N) is 1. The first-order chi connectivity index (χ1) is 10.2. The summed E-state index contributed by atoms with van der Waals surface area (Å²) < 4.78 is 47.3. The standard InChI is InChI=1S/C16H22F3NO2/c1-10-8-13(9-11(2)21-10)20-12(3)14-6-4-5-7-15(14)22-16(17,18)19/h4-7,10-13,20H,8-9H2,1-3H3/t10-,11+,12-,13?/m0/s1. The van der Waals surface area contributed by atoms with Crippen LogP contribution in [-0.2, 0) is 4.74 Å². The lowest BCUT2D eigenvalue weighted by Gasteiger charge is -2.34. The fourth-order valence-electron chi connectivity index (χ4n) is 3.04. The second-order valence-corrected chi connectivity index (χ2v) is 5.90. The Morgan fingerprint density at radius 1 is 1.18 bits per heavy atom. The monoisotopic (exact) mass is 317 g/mol. The molecule has 0 spiro atoms. The van der Waals surface area contributed by atoms with Crippen LogP contribution in [0.25, 0.3) is 0 Å². The van der Waals surface area contributed by atoms with Crippen molar-refractivity contribution in [3.8, 4) is 5.75 Å². The molecule has 0 aromatic heterocycles. The molecule has 22 heavy (non-hydrogen) atoms. The van der Waals surface area contributed by atoms with E-state index in [4.69, 9.17) is 4.74 Å². The van der Waals surface area contributed by atoms with E-state index in [1.807, 2.05) is 20.8 Å². The average Bonchev–Trinajstić information content (AvgIpc) is 2.35. The van der Waals surface area contributed by atoms with Gasteiger partial charge in [0.2, 0.25) is 0 Å². The summed E-state index contributed by atoms with van der Waals surface area (Å²) in [6.45, 7) is 5.87. The van der Waals surface area contributed by atoms with Gasteiger partial charge >= 0.3 is 6.36 Å². The van der Waals surface area contributed by atoms with Gasteiger partial charge in [-0.1, -0.05) is 18.2 Å². The molecule has 4 atom stereocenters. The molecule has 1 fully saturated rings. The topological polar surface area (TPSA) is 30.5 Å². The van der Waals surface area contributed by atoms with E-state index in [0.717, 1.165) is 12.8 Å². The van der Waals surface area contributed by atoms with Gasteiger partial charge in [-0.2, -0.15) is 0 Å². The molecule has 0 aliphatic carbocycles. The molecule has 1 aromatic carbocycles. The highest BCUT2D eigenvalue weighted by Crippen LogP contribution is 2.31. The molecule has 1 aliphatic heterocycles. The number of para-hydroxylation sites is 1. The molecule has 0 radical (unpaired) electrons. The first-order valence-electron chi connectivity index (χ1n) is 7.51. The van der Waals surface area contributed by atoms with Crippen LogP contribution in [0, 0.1) is 0 Å². The number of halogens is 3. The molecule has 1 saturated heterocycles. The minimum atomic E-state index is -4.68. The molecule has 0 bridgehead atoms. The lowest BCUT2D eigenvalue weighted by molar-refractivity contribution is -0.275. The minimum Gasteiger partial charge on any atom is -0.405 e. The zero-order chi connectivity index (χ0) is 16.3. The first kappa shape index (κ1) is 17.1. The van der Waals surface area contributed by atoms with Crippen LogP contribution in [0.1, 0.15) is 45.2 Å². The Morgan fingerprint density at radius 3 is 2.36 bits per heavy atom. The van der Waals surface area contributed by atoms with Gasteiger partial charge in [-0.15, -0.1) is 13.2 Å². The lowest BCUT2D eigenvalue weighted by Crippen LogP contribution is -2.42. The SMILES string of the molecule is C[C@@H]1CC(N[C@@H](C)c2ccccc2OC(F)(F)F)C[C@H](C)O1.